The number of hydrogen-bond acceptors (Lipinski definition) is 4. The van der Waals surface area contributed by atoms with E-state index in [1.54, 1.807) is 0 Å². The third-order valence-corrected chi connectivity index (χ3v) is 6.27. The van der Waals surface area contributed by atoms with E-state index in [0.717, 1.165) is 11.1 Å². The second-order valence-electron chi connectivity index (χ2n) is 8.76. The number of benzene rings is 2. The average Bonchev–Trinajstić information content (AvgIpc) is 3.51. The van der Waals surface area contributed by atoms with Crippen LogP contribution >= 0.6 is 0 Å². The molecular weight excluding hydrogens is 408 g/mol. The first-order valence-corrected chi connectivity index (χ1v) is 11.0. The van der Waals surface area contributed by atoms with E-state index < -0.39 is 12.1 Å². The van der Waals surface area contributed by atoms with E-state index in [1.165, 1.54) is 11.1 Å². The highest BCUT2D eigenvalue weighted by Crippen LogP contribution is 2.44. The van der Waals surface area contributed by atoms with Gasteiger partial charge < -0.3 is 20.5 Å². The van der Waals surface area contributed by atoms with Crippen LogP contribution in [0.15, 0.2) is 48.5 Å². The van der Waals surface area contributed by atoms with Crippen LogP contribution in [0.25, 0.3) is 11.1 Å². The summed E-state index contributed by atoms with van der Waals surface area (Å²) in [6, 6.07) is 16.3. The van der Waals surface area contributed by atoms with E-state index in [-0.39, 0.29) is 42.6 Å². The standard InChI is InChI=1S/C25H28N2O5/c1-15(10-23(28)26-13-16-11-21(16)24(29)30)12-27-25(31)32-14-22-19-8-4-2-6-17(19)18-7-3-5-9-20(18)22/h2-9,15-16,21-22H,10-14H2,1H3,(H,26,28)(H,27,31)(H,29,30)/t15?,16-,21-/m1/s1. The molecule has 7 heteroatoms. The fourth-order valence-corrected chi connectivity index (χ4v) is 4.39. The number of amides is 2. The molecule has 0 bridgehead atoms. The van der Waals surface area contributed by atoms with Crippen LogP contribution in [0.5, 0.6) is 0 Å². The number of carboxylic acids is 1. The number of aliphatic carboxylic acids is 1. The van der Waals surface area contributed by atoms with Crippen molar-refractivity contribution in [1.29, 1.82) is 0 Å². The van der Waals surface area contributed by atoms with Crippen LogP contribution in [-0.2, 0) is 14.3 Å². The number of alkyl carbamates (subject to hydrolysis) is 1. The molecule has 7 nitrogen and oxygen atoms in total. The van der Waals surface area contributed by atoms with Gasteiger partial charge in [-0.25, -0.2) is 4.79 Å². The zero-order valence-electron chi connectivity index (χ0n) is 18.0. The molecule has 4 rings (SSSR count). The van der Waals surface area contributed by atoms with Crippen molar-refractivity contribution < 1.29 is 24.2 Å². The molecule has 2 aromatic carbocycles. The number of rotatable bonds is 9. The molecule has 2 aliphatic carbocycles. The van der Waals surface area contributed by atoms with Gasteiger partial charge in [0.15, 0.2) is 0 Å². The topological polar surface area (TPSA) is 105 Å². The lowest BCUT2D eigenvalue weighted by atomic mass is 9.98. The molecular formula is C25H28N2O5. The highest BCUT2D eigenvalue weighted by atomic mass is 16.5. The maximum atomic E-state index is 12.2. The van der Waals surface area contributed by atoms with Crippen LogP contribution in [0.3, 0.4) is 0 Å². The summed E-state index contributed by atoms with van der Waals surface area (Å²) in [5.74, 6) is -1.29. The predicted octanol–water partition coefficient (Wildman–Crippen LogP) is 3.39. The fraction of sp³-hybridized carbons (Fsp3) is 0.400. The van der Waals surface area contributed by atoms with E-state index in [1.807, 2.05) is 31.2 Å². The summed E-state index contributed by atoms with van der Waals surface area (Å²) in [6.07, 6.45) is 0.379. The third-order valence-electron chi connectivity index (χ3n) is 6.27. The van der Waals surface area contributed by atoms with Gasteiger partial charge in [0.25, 0.3) is 0 Å². The SMILES string of the molecule is CC(CNC(=O)OCC1c2ccccc2-c2ccccc21)CC(=O)NC[C@H]1C[C@H]1C(=O)O. The molecule has 1 fully saturated rings. The van der Waals surface area contributed by atoms with Gasteiger partial charge in [-0.05, 0) is 40.5 Å². The monoisotopic (exact) mass is 436 g/mol. The van der Waals surface area contributed by atoms with Crippen molar-refractivity contribution in [2.45, 2.75) is 25.7 Å². The Bertz CT molecular complexity index is 975. The van der Waals surface area contributed by atoms with Crippen LogP contribution in [0.4, 0.5) is 4.79 Å². The zero-order chi connectivity index (χ0) is 22.7. The second kappa shape index (κ2) is 9.42. The van der Waals surface area contributed by atoms with Gasteiger partial charge in [0, 0.05) is 25.4 Å². The molecule has 2 aliphatic rings. The molecule has 0 heterocycles. The first-order chi connectivity index (χ1) is 15.4. The third kappa shape index (κ3) is 4.93. The largest absolute Gasteiger partial charge is 0.481 e. The lowest BCUT2D eigenvalue weighted by Crippen LogP contribution is -2.33. The van der Waals surface area contributed by atoms with Crippen molar-refractivity contribution in [3.05, 3.63) is 59.7 Å². The van der Waals surface area contributed by atoms with E-state index >= 15 is 0 Å². The number of carboxylic acid groups (broad SMARTS) is 1. The number of fused-ring (bicyclic) bond motifs is 3. The summed E-state index contributed by atoms with van der Waals surface area (Å²) in [4.78, 5) is 35.1. The molecule has 0 spiro atoms. The highest BCUT2D eigenvalue weighted by Gasteiger charge is 2.43. The summed E-state index contributed by atoms with van der Waals surface area (Å²) < 4.78 is 5.51. The zero-order valence-corrected chi connectivity index (χ0v) is 18.0. The van der Waals surface area contributed by atoms with E-state index in [0.29, 0.717) is 19.5 Å². The van der Waals surface area contributed by atoms with Crippen molar-refractivity contribution in [1.82, 2.24) is 10.6 Å². The van der Waals surface area contributed by atoms with Crippen LogP contribution in [0.2, 0.25) is 0 Å². The van der Waals surface area contributed by atoms with Crippen molar-refractivity contribution in [2.75, 3.05) is 19.7 Å². The maximum absolute atomic E-state index is 12.2. The molecule has 3 atom stereocenters. The Balaban J connectivity index is 1.19. The lowest BCUT2D eigenvalue weighted by molar-refractivity contribution is -0.139. The van der Waals surface area contributed by atoms with Crippen LogP contribution in [-0.4, -0.2) is 42.8 Å². The molecule has 0 saturated heterocycles. The Kier molecular flexibility index (Phi) is 6.44. The normalized spacial score (nSPS) is 19.4. The van der Waals surface area contributed by atoms with Crippen LogP contribution < -0.4 is 10.6 Å². The molecule has 0 aliphatic heterocycles. The summed E-state index contributed by atoms with van der Waals surface area (Å²) in [5.41, 5.74) is 4.68. The van der Waals surface area contributed by atoms with Gasteiger partial charge in [-0.3, -0.25) is 9.59 Å². The number of carbonyl (C=O) groups is 3. The summed E-state index contributed by atoms with van der Waals surface area (Å²) in [5, 5.41) is 14.4. The molecule has 1 unspecified atom stereocenters. The van der Waals surface area contributed by atoms with Gasteiger partial charge in [0.2, 0.25) is 5.91 Å². The molecule has 0 radical (unpaired) electrons. The predicted molar refractivity (Wildman–Crippen MR) is 119 cm³/mol. The smallest absolute Gasteiger partial charge is 0.407 e. The van der Waals surface area contributed by atoms with Gasteiger partial charge >= 0.3 is 12.1 Å². The Morgan fingerprint density at radius 2 is 1.66 bits per heavy atom. The van der Waals surface area contributed by atoms with Crippen molar-refractivity contribution >= 4 is 18.0 Å². The van der Waals surface area contributed by atoms with Gasteiger partial charge in [0.1, 0.15) is 6.61 Å². The average molecular weight is 437 g/mol. The van der Waals surface area contributed by atoms with Gasteiger partial charge in [-0.2, -0.15) is 0 Å². The lowest BCUT2D eigenvalue weighted by Gasteiger charge is -2.16. The van der Waals surface area contributed by atoms with Crippen molar-refractivity contribution in [3.8, 4) is 11.1 Å². The maximum Gasteiger partial charge on any atom is 0.407 e. The Labute approximate surface area is 187 Å². The number of carbonyl (C=O) groups excluding carboxylic acids is 2. The quantitative estimate of drug-likeness (QED) is 0.559. The van der Waals surface area contributed by atoms with Crippen molar-refractivity contribution in [2.24, 2.45) is 17.8 Å². The number of nitrogens with one attached hydrogen (secondary N) is 2. The van der Waals surface area contributed by atoms with Crippen LogP contribution in [0.1, 0.15) is 36.8 Å². The first kappa shape index (κ1) is 21.9. The Morgan fingerprint density at radius 1 is 1.03 bits per heavy atom. The molecule has 1 saturated carbocycles. The minimum Gasteiger partial charge on any atom is -0.481 e. The molecule has 32 heavy (non-hydrogen) atoms. The summed E-state index contributed by atoms with van der Waals surface area (Å²) in [7, 11) is 0. The molecule has 3 N–H and O–H groups in total. The Hall–Kier alpha value is -3.35. The first-order valence-electron chi connectivity index (χ1n) is 11.0. The Morgan fingerprint density at radius 3 is 2.25 bits per heavy atom. The molecule has 0 aromatic heterocycles. The number of hydrogen-bond donors (Lipinski definition) is 3. The molecule has 2 aromatic rings. The number of ether oxygens (including phenoxy) is 1. The molecule has 2 amide bonds. The molecule has 168 valence electrons. The van der Waals surface area contributed by atoms with Gasteiger partial charge in [0.05, 0.1) is 5.92 Å². The fourth-order valence-electron chi connectivity index (χ4n) is 4.39. The van der Waals surface area contributed by atoms with Gasteiger partial charge in [-0.15, -0.1) is 0 Å². The van der Waals surface area contributed by atoms with Gasteiger partial charge in [-0.1, -0.05) is 55.5 Å². The second-order valence-corrected chi connectivity index (χ2v) is 8.76. The van der Waals surface area contributed by atoms with E-state index in [2.05, 4.69) is 34.9 Å². The van der Waals surface area contributed by atoms with E-state index in [9.17, 15) is 14.4 Å². The van der Waals surface area contributed by atoms with Crippen LogP contribution in [0, 0.1) is 17.8 Å². The minimum atomic E-state index is -0.801. The minimum absolute atomic E-state index is 0.00778. The van der Waals surface area contributed by atoms with E-state index in [4.69, 9.17) is 9.84 Å². The van der Waals surface area contributed by atoms with Crippen molar-refractivity contribution in [3.63, 3.8) is 0 Å². The summed E-state index contributed by atoms with van der Waals surface area (Å²) in [6.45, 7) is 2.84. The summed E-state index contributed by atoms with van der Waals surface area (Å²) >= 11 is 0. The highest BCUT2D eigenvalue weighted by molar-refractivity contribution is 5.79.